The van der Waals surface area contributed by atoms with Crippen LogP contribution in [0, 0.1) is 0 Å². The Hall–Kier alpha value is -3.00. The Bertz CT molecular complexity index is 991. The number of aromatic nitrogens is 5. The minimum absolute atomic E-state index is 0.0865. The summed E-state index contributed by atoms with van der Waals surface area (Å²) in [6, 6.07) is 5.90. The summed E-state index contributed by atoms with van der Waals surface area (Å²) in [5, 5.41) is 26.9. The highest BCUT2D eigenvalue weighted by Gasteiger charge is 2.27. The van der Waals surface area contributed by atoms with Crippen molar-refractivity contribution in [1.29, 1.82) is 0 Å². The van der Waals surface area contributed by atoms with Gasteiger partial charge in [0.1, 0.15) is 11.4 Å². The number of hydrogen-bond donors (Lipinski definition) is 2. The average Bonchev–Trinajstić information content (AvgIpc) is 3.30. The van der Waals surface area contributed by atoms with Crippen LogP contribution in [-0.2, 0) is 7.05 Å². The molecule has 8 heteroatoms. The van der Waals surface area contributed by atoms with Crippen LogP contribution in [0.4, 0.5) is 5.95 Å². The Balaban J connectivity index is 1.48. The Morgan fingerprint density at radius 3 is 2.59 bits per heavy atom. The van der Waals surface area contributed by atoms with Crippen molar-refractivity contribution in [1.82, 2.24) is 30.3 Å². The van der Waals surface area contributed by atoms with Crippen molar-refractivity contribution in [2.24, 2.45) is 7.05 Å². The van der Waals surface area contributed by atoms with Gasteiger partial charge in [0.15, 0.2) is 0 Å². The first kappa shape index (κ1) is 19.3. The summed E-state index contributed by atoms with van der Waals surface area (Å²) in [7, 11) is 1.86. The second kappa shape index (κ2) is 7.44. The van der Waals surface area contributed by atoms with E-state index in [2.05, 4.69) is 51.3 Å². The van der Waals surface area contributed by atoms with Gasteiger partial charge in [0.05, 0.1) is 12.4 Å². The Kier molecular flexibility index (Phi) is 4.96. The molecule has 1 unspecified atom stereocenters. The Labute approximate surface area is 170 Å². The van der Waals surface area contributed by atoms with Crippen molar-refractivity contribution in [3.63, 3.8) is 0 Å². The molecule has 3 aromatic rings. The predicted octanol–water partition coefficient (Wildman–Crippen LogP) is 2.61. The lowest BCUT2D eigenvalue weighted by Crippen LogP contribution is -2.45. The number of hydrogen-bond acceptors (Lipinski definition) is 7. The molecular formula is C21H27N7O. The average molecular weight is 393 g/mol. The molecule has 1 saturated heterocycles. The first-order valence-electron chi connectivity index (χ1n) is 9.83. The maximum Gasteiger partial charge on any atom is 0.245 e. The standard InChI is InChI=1S/C21H27N7O/c1-21(2,3)24-16-7-8-28(13-16)20-22-11-18(25-26-20)17-6-5-14(9-19(17)29)15-10-23-27(4)12-15/h5-6,9-12,16,24,29H,7-8,13H2,1-4H3. The van der Waals surface area contributed by atoms with E-state index in [1.807, 2.05) is 25.4 Å². The van der Waals surface area contributed by atoms with Crippen molar-refractivity contribution in [3.05, 3.63) is 36.8 Å². The number of aromatic hydroxyl groups is 1. The van der Waals surface area contributed by atoms with E-state index in [1.165, 1.54) is 0 Å². The first-order chi connectivity index (χ1) is 13.8. The van der Waals surface area contributed by atoms with Crippen LogP contribution in [0.3, 0.4) is 0 Å². The van der Waals surface area contributed by atoms with E-state index < -0.39 is 0 Å². The summed E-state index contributed by atoms with van der Waals surface area (Å²) < 4.78 is 1.73. The molecule has 1 aromatic carbocycles. The zero-order valence-corrected chi connectivity index (χ0v) is 17.3. The summed E-state index contributed by atoms with van der Waals surface area (Å²) in [4.78, 5) is 6.64. The molecule has 152 valence electrons. The van der Waals surface area contributed by atoms with Crippen LogP contribution in [0.25, 0.3) is 22.4 Å². The SMILES string of the molecule is Cn1cc(-c2ccc(-c3cnc(N4CCC(NC(C)(C)C)C4)nn3)c(O)c2)cn1. The molecule has 0 bridgehead atoms. The van der Waals surface area contributed by atoms with Crippen molar-refractivity contribution >= 4 is 5.95 Å². The molecule has 1 aliphatic heterocycles. The second-order valence-electron chi connectivity index (χ2n) is 8.60. The fraction of sp³-hybridized carbons (Fsp3) is 0.429. The van der Waals surface area contributed by atoms with E-state index in [-0.39, 0.29) is 11.3 Å². The highest BCUT2D eigenvalue weighted by molar-refractivity contribution is 5.73. The normalized spacial score (nSPS) is 17.1. The van der Waals surface area contributed by atoms with Gasteiger partial charge >= 0.3 is 0 Å². The van der Waals surface area contributed by atoms with E-state index in [0.29, 0.717) is 23.2 Å². The van der Waals surface area contributed by atoms with E-state index in [1.54, 1.807) is 23.1 Å². The van der Waals surface area contributed by atoms with Gasteiger partial charge in [0, 0.05) is 49.0 Å². The van der Waals surface area contributed by atoms with Crippen LogP contribution in [0.1, 0.15) is 27.2 Å². The lowest BCUT2D eigenvalue weighted by atomic mass is 10.0. The van der Waals surface area contributed by atoms with Gasteiger partial charge in [-0.3, -0.25) is 4.68 Å². The summed E-state index contributed by atoms with van der Waals surface area (Å²) >= 11 is 0. The lowest BCUT2D eigenvalue weighted by molar-refractivity contribution is 0.373. The van der Waals surface area contributed by atoms with Crippen molar-refractivity contribution in [2.75, 3.05) is 18.0 Å². The highest BCUT2D eigenvalue weighted by Crippen LogP contribution is 2.32. The fourth-order valence-electron chi connectivity index (χ4n) is 3.71. The van der Waals surface area contributed by atoms with Crippen molar-refractivity contribution < 1.29 is 5.11 Å². The molecule has 0 saturated carbocycles. The quantitative estimate of drug-likeness (QED) is 0.704. The second-order valence-corrected chi connectivity index (χ2v) is 8.60. The number of phenolic OH excluding ortho intramolecular Hbond substituents is 1. The molecule has 3 heterocycles. The van der Waals surface area contributed by atoms with E-state index in [0.717, 1.165) is 30.6 Å². The zero-order valence-electron chi connectivity index (χ0n) is 17.3. The number of nitrogens with one attached hydrogen (secondary N) is 1. The van der Waals surface area contributed by atoms with Crippen LogP contribution in [0.2, 0.25) is 0 Å². The largest absolute Gasteiger partial charge is 0.507 e. The number of rotatable bonds is 4. The molecular weight excluding hydrogens is 366 g/mol. The topological polar surface area (TPSA) is 92.0 Å². The third-order valence-electron chi connectivity index (χ3n) is 4.97. The number of phenols is 1. The van der Waals surface area contributed by atoms with Crippen LogP contribution in [0.15, 0.2) is 36.8 Å². The molecule has 4 rings (SSSR count). The molecule has 0 radical (unpaired) electrons. The number of anilines is 1. The monoisotopic (exact) mass is 393 g/mol. The minimum atomic E-state index is 0.0865. The third-order valence-corrected chi connectivity index (χ3v) is 4.97. The maximum atomic E-state index is 10.5. The summed E-state index contributed by atoms with van der Waals surface area (Å²) in [5.74, 6) is 0.768. The van der Waals surface area contributed by atoms with Gasteiger partial charge in [-0.2, -0.15) is 5.10 Å². The van der Waals surface area contributed by atoms with Gasteiger partial charge in [-0.05, 0) is 44.9 Å². The van der Waals surface area contributed by atoms with Gasteiger partial charge < -0.3 is 15.3 Å². The summed E-state index contributed by atoms with van der Waals surface area (Å²) in [5.41, 5.74) is 3.08. The van der Waals surface area contributed by atoms with Gasteiger partial charge in [-0.25, -0.2) is 4.98 Å². The van der Waals surface area contributed by atoms with E-state index >= 15 is 0 Å². The minimum Gasteiger partial charge on any atom is -0.507 e. The van der Waals surface area contributed by atoms with Gasteiger partial charge in [-0.1, -0.05) is 6.07 Å². The van der Waals surface area contributed by atoms with E-state index in [4.69, 9.17) is 0 Å². The zero-order chi connectivity index (χ0) is 20.6. The highest BCUT2D eigenvalue weighted by atomic mass is 16.3. The molecule has 1 aliphatic rings. The Morgan fingerprint density at radius 1 is 1.14 bits per heavy atom. The maximum absolute atomic E-state index is 10.5. The van der Waals surface area contributed by atoms with Gasteiger partial charge in [0.25, 0.3) is 0 Å². The van der Waals surface area contributed by atoms with Gasteiger partial charge in [0.2, 0.25) is 5.95 Å². The van der Waals surface area contributed by atoms with Crippen LogP contribution in [-0.4, -0.2) is 54.7 Å². The molecule has 0 amide bonds. The van der Waals surface area contributed by atoms with E-state index in [9.17, 15) is 5.11 Å². The molecule has 2 aromatic heterocycles. The third kappa shape index (κ3) is 4.37. The lowest BCUT2D eigenvalue weighted by Gasteiger charge is -2.25. The fourth-order valence-corrected chi connectivity index (χ4v) is 3.71. The molecule has 1 fully saturated rings. The predicted molar refractivity (Wildman–Crippen MR) is 113 cm³/mol. The number of benzene rings is 1. The van der Waals surface area contributed by atoms with Crippen LogP contribution >= 0.6 is 0 Å². The van der Waals surface area contributed by atoms with Gasteiger partial charge in [-0.15, -0.1) is 10.2 Å². The Morgan fingerprint density at radius 2 is 1.97 bits per heavy atom. The van der Waals surface area contributed by atoms with Crippen LogP contribution in [0.5, 0.6) is 5.75 Å². The van der Waals surface area contributed by atoms with Crippen molar-refractivity contribution in [3.8, 4) is 28.1 Å². The summed E-state index contributed by atoms with van der Waals surface area (Å²) in [6.45, 7) is 8.29. The smallest absolute Gasteiger partial charge is 0.245 e. The molecule has 1 atom stereocenters. The van der Waals surface area contributed by atoms with Crippen LogP contribution < -0.4 is 10.2 Å². The van der Waals surface area contributed by atoms with Crippen molar-refractivity contribution in [2.45, 2.75) is 38.8 Å². The molecule has 2 N–H and O–H groups in total. The number of aryl methyl sites for hydroxylation is 1. The first-order valence-corrected chi connectivity index (χ1v) is 9.83. The molecule has 8 nitrogen and oxygen atoms in total. The molecule has 0 spiro atoms. The number of nitrogens with zero attached hydrogens (tertiary/aromatic N) is 6. The molecule has 29 heavy (non-hydrogen) atoms. The molecule has 0 aliphatic carbocycles. The summed E-state index contributed by atoms with van der Waals surface area (Å²) in [6.07, 6.45) is 6.40.